The molecule has 1 fully saturated rings. The molecule has 6 nitrogen and oxygen atoms in total. The molecule has 3 heterocycles. The first-order valence-electron chi connectivity index (χ1n) is 9.76. The summed E-state index contributed by atoms with van der Waals surface area (Å²) in [6, 6.07) is 10.5. The molecule has 0 unspecified atom stereocenters. The monoisotopic (exact) mass is 395 g/mol. The Morgan fingerprint density at radius 1 is 1.07 bits per heavy atom. The van der Waals surface area contributed by atoms with Gasteiger partial charge in [0.05, 0.1) is 5.56 Å². The van der Waals surface area contributed by atoms with Crippen molar-refractivity contribution in [2.24, 2.45) is 0 Å². The second-order valence-corrected chi connectivity index (χ2v) is 7.57. The first-order valence-corrected chi connectivity index (χ1v) is 9.76. The van der Waals surface area contributed by atoms with E-state index in [1.165, 1.54) is 12.1 Å². The average molecular weight is 395 g/mol. The van der Waals surface area contributed by atoms with Crippen molar-refractivity contribution >= 4 is 16.8 Å². The highest BCUT2D eigenvalue weighted by atomic mass is 19.1. The number of aryl methyl sites for hydroxylation is 1. The second kappa shape index (κ2) is 7.08. The first-order chi connectivity index (χ1) is 14.1. The van der Waals surface area contributed by atoms with Crippen molar-refractivity contribution in [3.8, 4) is 11.5 Å². The van der Waals surface area contributed by atoms with Crippen LogP contribution in [0.1, 0.15) is 21.6 Å². The fourth-order valence-corrected chi connectivity index (χ4v) is 4.14. The van der Waals surface area contributed by atoms with Crippen molar-refractivity contribution in [3.05, 3.63) is 59.0 Å². The maximum absolute atomic E-state index is 13.7. The summed E-state index contributed by atoms with van der Waals surface area (Å²) >= 11 is 0. The lowest BCUT2D eigenvalue weighted by molar-refractivity contribution is 0.0629. The molecule has 1 saturated heterocycles. The van der Waals surface area contributed by atoms with E-state index in [2.05, 4.69) is 16.0 Å². The van der Waals surface area contributed by atoms with Crippen LogP contribution >= 0.6 is 0 Å². The molecule has 1 aromatic heterocycles. The summed E-state index contributed by atoms with van der Waals surface area (Å²) in [5, 5.41) is 0.648. The number of halogens is 1. The van der Waals surface area contributed by atoms with Crippen LogP contribution in [0.2, 0.25) is 0 Å². The minimum Gasteiger partial charge on any atom is -0.454 e. The number of hydrogen-bond donors (Lipinski definition) is 1. The summed E-state index contributed by atoms with van der Waals surface area (Å²) in [5.74, 6) is 1.20. The summed E-state index contributed by atoms with van der Waals surface area (Å²) in [6.45, 7) is 5.80. The molecule has 2 aromatic carbocycles. The summed E-state index contributed by atoms with van der Waals surface area (Å²) in [6.07, 6.45) is 0. The van der Waals surface area contributed by atoms with Gasteiger partial charge in [0.25, 0.3) is 5.91 Å². The maximum Gasteiger partial charge on any atom is 0.256 e. The van der Waals surface area contributed by atoms with Gasteiger partial charge in [0.2, 0.25) is 6.79 Å². The van der Waals surface area contributed by atoms with Gasteiger partial charge < -0.3 is 19.4 Å². The Balaban J connectivity index is 1.27. The smallest absolute Gasteiger partial charge is 0.256 e. The lowest BCUT2D eigenvalue weighted by Crippen LogP contribution is -2.48. The molecule has 0 aliphatic carbocycles. The number of aromatic amines is 1. The number of benzene rings is 2. The first kappa shape index (κ1) is 18.0. The van der Waals surface area contributed by atoms with Gasteiger partial charge in [-0.2, -0.15) is 0 Å². The highest BCUT2D eigenvalue weighted by Gasteiger charge is 2.26. The van der Waals surface area contributed by atoms with E-state index < -0.39 is 0 Å². The number of carbonyl (C=O) groups is 1. The number of piperazine rings is 1. The van der Waals surface area contributed by atoms with Gasteiger partial charge in [0.1, 0.15) is 5.82 Å². The molecular formula is C22H22FN3O3. The Hall–Kier alpha value is -3.06. The number of hydrogen-bond acceptors (Lipinski definition) is 4. The number of rotatable bonds is 3. The van der Waals surface area contributed by atoms with E-state index in [-0.39, 0.29) is 18.5 Å². The van der Waals surface area contributed by atoms with Crippen molar-refractivity contribution in [2.75, 3.05) is 33.0 Å². The van der Waals surface area contributed by atoms with E-state index in [0.29, 0.717) is 24.0 Å². The molecule has 0 bridgehead atoms. The zero-order valence-electron chi connectivity index (χ0n) is 16.2. The summed E-state index contributed by atoms with van der Waals surface area (Å²) < 4.78 is 24.5. The van der Waals surface area contributed by atoms with Crippen LogP contribution in [0.15, 0.2) is 36.4 Å². The van der Waals surface area contributed by atoms with Gasteiger partial charge in [0.15, 0.2) is 11.5 Å². The fraction of sp³-hybridized carbons (Fsp3) is 0.318. The Morgan fingerprint density at radius 2 is 1.86 bits per heavy atom. The van der Waals surface area contributed by atoms with E-state index in [9.17, 15) is 9.18 Å². The molecule has 3 aromatic rings. The maximum atomic E-state index is 13.7. The number of nitrogens with zero attached hydrogens (tertiary/aromatic N) is 2. The van der Waals surface area contributed by atoms with Crippen molar-refractivity contribution in [1.82, 2.24) is 14.8 Å². The van der Waals surface area contributed by atoms with Gasteiger partial charge in [-0.1, -0.05) is 6.07 Å². The molecule has 5 rings (SSSR count). The van der Waals surface area contributed by atoms with Crippen LogP contribution in [-0.4, -0.2) is 53.7 Å². The molecule has 150 valence electrons. The van der Waals surface area contributed by atoms with Gasteiger partial charge in [0, 0.05) is 49.3 Å². The number of H-pyrrole nitrogens is 1. The van der Waals surface area contributed by atoms with Gasteiger partial charge in [-0.25, -0.2) is 4.39 Å². The number of nitrogens with one attached hydrogen (secondary N) is 1. The molecule has 29 heavy (non-hydrogen) atoms. The predicted molar refractivity (Wildman–Crippen MR) is 107 cm³/mol. The molecule has 1 amide bonds. The zero-order chi connectivity index (χ0) is 20.0. The summed E-state index contributed by atoms with van der Waals surface area (Å²) in [5.41, 5.74) is 3.30. The van der Waals surface area contributed by atoms with Crippen molar-refractivity contribution in [1.29, 1.82) is 0 Å². The van der Waals surface area contributed by atoms with E-state index in [1.807, 2.05) is 24.0 Å². The van der Waals surface area contributed by atoms with Crippen LogP contribution in [0.25, 0.3) is 10.9 Å². The molecule has 2 aliphatic rings. The molecule has 7 heteroatoms. The molecular weight excluding hydrogens is 373 g/mol. The minimum absolute atomic E-state index is 0.0397. The van der Waals surface area contributed by atoms with E-state index in [1.54, 1.807) is 6.07 Å². The number of aromatic nitrogens is 1. The number of amides is 1. The van der Waals surface area contributed by atoms with Crippen LogP contribution in [0.5, 0.6) is 11.5 Å². The summed E-state index contributed by atoms with van der Waals surface area (Å²) in [4.78, 5) is 20.5. The number of ether oxygens (including phenoxy) is 2. The van der Waals surface area contributed by atoms with Gasteiger partial charge in [-0.3, -0.25) is 9.69 Å². The predicted octanol–water partition coefficient (Wildman–Crippen LogP) is 3.30. The third kappa shape index (κ3) is 3.31. The van der Waals surface area contributed by atoms with Crippen molar-refractivity contribution in [3.63, 3.8) is 0 Å². The van der Waals surface area contributed by atoms with Crippen LogP contribution in [0.3, 0.4) is 0 Å². The number of carbonyl (C=O) groups excluding carboxylic acids is 1. The highest BCUT2D eigenvalue weighted by Crippen LogP contribution is 2.33. The van der Waals surface area contributed by atoms with E-state index in [4.69, 9.17) is 9.47 Å². The van der Waals surface area contributed by atoms with Gasteiger partial charge in [-0.15, -0.1) is 0 Å². The average Bonchev–Trinajstić information content (AvgIpc) is 3.31. The topological polar surface area (TPSA) is 57.8 Å². The molecule has 0 saturated carbocycles. The SMILES string of the molecule is Cc1[nH]c2ccc(F)cc2c1C(=O)N1CCN(Cc2ccc3c(c2)OCO3)CC1. The normalized spacial score (nSPS) is 16.6. The van der Waals surface area contributed by atoms with Crippen LogP contribution in [-0.2, 0) is 6.54 Å². The Morgan fingerprint density at radius 3 is 2.69 bits per heavy atom. The Kier molecular flexibility index (Phi) is 4.39. The highest BCUT2D eigenvalue weighted by molar-refractivity contribution is 6.08. The molecule has 0 radical (unpaired) electrons. The third-order valence-corrected chi connectivity index (χ3v) is 5.66. The fourth-order valence-electron chi connectivity index (χ4n) is 4.14. The molecule has 0 atom stereocenters. The van der Waals surface area contributed by atoms with E-state index in [0.717, 1.165) is 47.9 Å². The van der Waals surface area contributed by atoms with Crippen LogP contribution in [0, 0.1) is 12.7 Å². The van der Waals surface area contributed by atoms with E-state index >= 15 is 0 Å². The molecule has 0 spiro atoms. The van der Waals surface area contributed by atoms with Crippen LogP contribution in [0.4, 0.5) is 4.39 Å². The quantitative estimate of drug-likeness (QED) is 0.739. The van der Waals surface area contributed by atoms with Crippen molar-refractivity contribution < 1.29 is 18.7 Å². The Labute approximate surface area is 167 Å². The van der Waals surface area contributed by atoms with Gasteiger partial charge >= 0.3 is 0 Å². The zero-order valence-corrected chi connectivity index (χ0v) is 16.2. The lowest BCUT2D eigenvalue weighted by Gasteiger charge is -2.34. The lowest BCUT2D eigenvalue weighted by atomic mass is 10.1. The standard InChI is InChI=1S/C22H22FN3O3/c1-14-21(17-11-16(23)3-4-18(17)24-14)22(27)26-8-6-25(7-9-26)12-15-2-5-19-20(10-15)29-13-28-19/h2-5,10-11,24H,6-9,12-13H2,1H3. The minimum atomic E-state index is -0.334. The van der Waals surface area contributed by atoms with Crippen molar-refractivity contribution in [2.45, 2.75) is 13.5 Å². The summed E-state index contributed by atoms with van der Waals surface area (Å²) in [7, 11) is 0. The molecule has 2 aliphatic heterocycles. The van der Waals surface area contributed by atoms with Gasteiger partial charge in [-0.05, 0) is 42.8 Å². The Bertz CT molecular complexity index is 1090. The third-order valence-electron chi connectivity index (χ3n) is 5.66. The molecule has 1 N–H and O–H groups in total. The second-order valence-electron chi connectivity index (χ2n) is 7.57. The largest absolute Gasteiger partial charge is 0.454 e. The number of fused-ring (bicyclic) bond motifs is 2. The van der Waals surface area contributed by atoms with Crippen LogP contribution < -0.4 is 9.47 Å².